The van der Waals surface area contributed by atoms with Crippen molar-refractivity contribution in [3.63, 3.8) is 0 Å². The van der Waals surface area contributed by atoms with E-state index in [9.17, 15) is 13.2 Å². The van der Waals surface area contributed by atoms with Crippen LogP contribution < -0.4 is 4.74 Å². The molecule has 0 atom stereocenters. The molecule has 0 heterocycles. The predicted octanol–water partition coefficient (Wildman–Crippen LogP) is 7.98. The minimum absolute atomic E-state index is 0.0208. The predicted molar refractivity (Wildman–Crippen MR) is 129 cm³/mol. The Kier molecular flexibility index (Phi) is 7.94. The van der Waals surface area contributed by atoms with Crippen molar-refractivity contribution in [3.8, 4) is 16.9 Å². The maximum absolute atomic E-state index is 14.8. The third-order valence-corrected chi connectivity index (χ3v) is 6.71. The van der Waals surface area contributed by atoms with E-state index in [1.807, 2.05) is 37.3 Å². The lowest BCUT2D eigenvalue weighted by Crippen LogP contribution is -2.21. The number of halogens is 3. The molecule has 1 fully saturated rings. The molecule has 0 aromatic heterocycles. The van der Waals surface area contributed by atoms with Gasteiger partial charge in [0.15, 0.2) is 23.2 Å². The summed E-state index contributed by atoms with van der Waals surface area (Å²) in [4.78, 5) is 0. The molecule has 180 valence electrons. The average Bonchev–Trinajstić information content (AvgIpc) is 2.87. The number of hydrogen-bond acceptors (Lipinski definition) is 2. The molecule has 0 aliphatic heterocycles. The van der Waals surface area contributed by atoms with Crippen molar-refractivity contribution in [2.24, 2.45) is 0 Å². The first-order valence-corrected chi connectivity index (χ1v) is 12.1. The molecule has 3 aromatic carbocycles. The van der Waals surface area contributed by atoms with Crippen molar-refractivity contribution in [2.75, 3.05) is 6.61 Å². The van der Waals surface area contributed by atoms with E-state index in [1.165, 1.54) is 0 Å². The highest BCUT2D eigenvalue weighted by Gasteiger charge is 2.24. The van der Waals surface area contributed by atoms with Crippen LogP contribution in [0.3, 0.4) is 0 Å². The van der Waals surface area contributed by atoms with E-state index in [0.29, 0.717) is 12.2 Å². The highest BCUT2D eigenvalue weighted by molar-refractivity contribution is 5.65. The van der Waals surface area contributed by atoms with E-state index < -0.39 is 11.6 Å². The van der Waals surface area contributed by atoms with Crippen LogP contribution in [-0.2, 0) is 17.8 Å². The zero-order chi connectivity index (χ0) is 24.1. The Morgan fingerprint density at radius 2 is 1.56 bits per heavy atom. The van der Waals surface area contributed by atoms with Crippen LogP contribution in [0.1, 0.15) is 62.1 Å². The molecule has 34 heavy (non-hydrogen) atoms. The van der Waals surface area contributed by atoms with Gasteiger partial charge in [-0.1, -0.05) is 49.4 Å². The summed E-state index contributed by atoms with van der Waals surface area (Å²) in [7, 11) is 0. The zero-order valence-corrected chi connectivity index (χ0v) is 19.8. The molecule has 1 aliphatic carbocycles. The normalized spacial score (nSPS) is 18.1. The molecule has 0 saturated heterocycles. The number of aryl methyl sites for hydroxylation is 1. The first kappa shape index (κ1) is 24.3. The molecular formula is C29H31F3O2. The molecule has 0 bridgehead atoms. The van der Waals surface area contributed by atoms with E-state index in [-0.39, 0.29) is 41.3 Å². The van der Waals surface area contributed by atoms with Crippen LogP contribution in [0.4, 0.5) is 13.2 Å². The van der Waals surface area contributed by atoms with Gasteiger partial charge in [0, 0.05) is 11.1 Å². The number of hydrogen-bond donors (Lipinski definition) is 0. The van der Waals surface area contributed by atoms with E-state index in [0.717, 1.165) is 43.2 Å². The van der Waals surface area contributed by atoms with Crippen molar-refractivity contribution in [1.82, 2.24) is 0 Å². The summed E-state index contributed by atoms with van der Waals surface area (Å²) in [6.45, 7) is 4.34. The average molecular weight is 469 g/mol. The lowest BCUT2D eigenvalue weighted by molar-refractivity contribution is 0.0119. The summed E-state index contributed by atoms with van der Waals surface area (Å²) in [5, 5.41) is 0. The van der Waals surface area contributed by atoms with Gasteiger partial charge in [-0.3, -0.25) is 0 Å². The SMILES string of the molecule is CCOc1ccc(C2CCC(OCc3ccc(-c4ccc(CC)cc4)c(F)c3F)CC2)cc1F. The van der Waals surface area contributed by atoms with Gasteiger partial charge in [0.25, 0.3) is 0 Å². The standard InChI is InChI=1S/C29H31F3O2/c1-3-19-5-7-21(8-6-19)25-15-11-23(28(31)29(25)32)18-34-24-13-9-20(10-14-24)22-12-16-27(33-4-2)26(30)17-22/h5-8,11-12,15-17,20,24H,3-4,9-10,13-14,18H2,1-2H3. The number of rotatable bonds is 8. The van der Waals surface area contributed by atoms with Gasteiger partial charge in [0.2, 0.25) is 0 Å². The molecule has 0 amide bonds. The van der Waals surface area contributed by atoms with Crippen molar-refractivity contribution in [1.29, 1.82) is 0 Å². The lowest BCUT2D eigenvalue weighted by atomic mass is 9.82. The summed E-state index contributed by atoms with van der Waals surface area (Å²) >= 11 is 0. The molecular weight excluding hydrogens is 437 g/mol. The summed E-state index contributed by atoms with van der Waals surface area (Å²) in [6, 6.07) is 15.9. The third-order valence-electron chi connectivity index (χ3n) is 6.71. The number of benzene rings is 3. The topological polar surface area (TPSA) is 18.5 Å². The Morgan fingerprint density at radius 1 is 0.824 bits per heavy atom. The third kappa shape index (κ3) is 5.47. The van der Waals surface area contributed by atoms with Gasteiger partial charge in [-0.15, -0.1) is 0 Å². The Balaban J connectivity index is 1.34. The van der Waals surface area contributed by atoms with Gasteiger partial charge < -0.3 is 9.47 Å². The largest absolute Gasteiger partial charge is 0.491 e. The second-order valence-electron chi connectivity index (χ2n) is 8.86. The molecule has 0 spiro atoms. The molecule has 0 unspecified atom stereocenters. The molecule has 4 rings (SSSR count). The smallest absolute Gasteiger partial charge is 0.167 e. The van der Waals surface area contributed by atoms with Gasteiger partial charge in [-0.05, 0) is 73.8 Å². The van der Waals surface area contributed by atoms with Crippen molar-refractivity contribution in [2.45, 2.75) is 64.6 Å². The Bertz CT molecular complexity index is 1100. The van der Waals surface area contributed by atoms with Crippen molar-refractivity contribution in [3.05, 3.63) is 88.7 Å². The van der Waals surface area contributed by atoms with Gasteiger partial charge in [0.05, 0.1) is 19.3 Å². The molecule has 1 aliphatic rings. The Hall–Kier alpha value is -2.79. The second-order valence-corrected chi connectivity index (χ2v) is 8.86. The molecule has 0 radical (unpaired) electrons. The van der Waals surface area contributed by atoms with Crippen molar-refractivity contribution < 1.29 is 22.6 Å². The van der Waals surface area contributed by atoms with Crippen LogP contribution in [0.2, 0.25) is 0 Å². The van der Waals surface area contributed by atoms with E-state index in [4.69, 9.17) is 9.47 Å². The molecule has 0 N–H and O–H groups in total. The number of ether oxygens (including phenoxy) is 2. The lowest BCUT2D eigenvalue weighted by Gasteiger charge is -2.29. The highest BCUT2D eigenvalue weighted by Crippen LogP contribution is 2.36. The molecule has 5 heteroatoms. The first-order chi connectivity index (χ1) is 16.5. The maximum atomic E-state index is 14.8. The fourth-order valence-electron chi connectivity index (χ4n) is 4.66. The van der Waals surface area contributed by atoms with Crippen LogP contribution in [0.5, 0.6) is 5.75 Å². The van der Waals surface area contributed by atoms with Crippen LogP contribution in [-0.4, -0.2) is 12.7 Å². The minimum Gasteiger partial charge on any atom is -0.491 e. The fraction of sp³-hybridized carbons (Fsp3) is 0.379. The van der Waals surface area contributed by atoms with Crippen LogP contribution in [0, 0.1) is 17.5 Å². The Labute approximate surface area is 199 Å². The van der Waals surface area contributed by atoms with Gasteiger partial charge in [-0.2, -0.15) is 0 Å². The Morgan fingerprint density at radius 3 is 2.21 bits per heavy atom. The summed E-state index contributed by atoms with van der Waals surface area (Å²) in [6.07, 6.45) is 4.19. The van der Waals surface area contributed by atoms with Gasteiger partial charge in [0.1, 0.15) is 0 Å². The molecule has 3 aromatic rings. The van der Waals surface area contributed by atoms with Crippen LogP contribution in [0.15, 0.2) is 54.6 Å². The zero-order valence-electron chi connectivity index (χ0n) is 19.8. The first-order valence-electron chi connectivity index (χ1n) is 12.1. The quantitative estimate of drug-likeness (QED) is 0.334. The summed E-state index contributed by atoms with van der Waals surface area (Å²) in [5.74, 6) is -1.48. The van der Waals surface area contributed by atoms with E-state index in [2.05, 4.69) is 6.92 Å². The molecule has 1 saturated carbocycles. The highest BCUT2D eigenvalue weighted by atomic mass is 19.2. The van der Waals surface area contributed by atoms with Crippen LogP contribution >= 0.6 is 0 Å². The summed E-state index contributed by atoms with van der Waals surface area (Å²) < 4.78 is 54.9. The summed E-state index contributed by atoms with van der Waals surface area (Å²) in [5.41, 5.74) is 3.26. The van der Waals surface area contributed by atoms with E-state index in [1.54, 1.807) is 24.3 Å². The monoisotopic (exact) mass is 468 g/mol. The minimum atomic E-state index is -0.851. The second kappa shape index (κ2) is 11.1. The fourth-order valence-corrected chi connectivity index (χ4v) is 4.66. The maximum Gasteiger partial charge on any atom is 0.167 e. The van der Waals surface area contributed by atoms with Crippen LogP contribution in [0.25, 0.3) is 11.1 Å². The van der Waals surface area contributed by atoms with Gasteiger partial charge >= 0.3 is 0 Å². The van der Waals surface area contributed by atoms with E-state index >= 15 is 0 Å². The van der Waals surface area contributed by atoms with Crippen molar-refractivity contribution >= 4 is 0 Å². The van der Waals surface area contributed by atoms with Gasteiger partial charge in [-0.25, -0.2) is 13.2 Å². The molecule has 2 nitrogen and oxygen atoms in total.